The van der Waals surface area contributed by atoms with Gasteiger partial charge in [0, 0.05) is 18.6 Å². The van der Waals surface area contributed by atoms with Crippen LogP contribution in [0.1, 0.15) is 77.7 Å². The van der Waals surface area contributed by atoms with E-state index >= 15 is 0 Å². The lowest BCUT2D eigenvalue weighted by Crippen LogP contribution is -2.50. The third-order valence-corrected chi connectivity index (χ3v) is 7.37. The minimum atomic E-state index is -0.446. The molecule has 0 aromatic heterocycles. The molecule has 0 unspecified atom stereocenters. The molecule has 4 rings (SSSR count). The zero-order valence-corrected chi connectivity index (χ0v) is 21.8. The first kappa shape index (κ1) is 25.3. The zero-order valence-electron chi connectivity index (χ0n) is 21.8. The number of nitrogens with zero attached hydrogens (tertiary/aromatic N) is 2. The lowest BCUT2D eigenvalue weighted by molar-refractivity contribution is -0.0812. The Morgan fingerprint density at radius 1 is 0.912 bits per heavy atom. The predicted molar refractivity (Wildman–Crippen MR) is 134 cm³/mol. The number of hydrogen-bond acceptors (Lipinski definition) is 5. The Kier molecular flexibility index (Phi) is 8.08. The number of hydrogen-bond donors (Lipinski definition) is 0. The van der Waals surface area contributed by atoms with Gasteiger partial charge in [-0.3, -0.25) is 0 Å². The fourth-order valence-corrected chi connectivity index (χ4v) is 5.69. The van der Waals surface area contributed by atoms with Crippen LogP contribution in [0.5, 0.6) is 5.75 Å². The molecule has 3 aliphatic rings. The van der Waals surface area contributed by atoms with E-state index in [2.05, 4.69) is 43.3 Å². The Hall–Kier alpha value is -1.79. The lowest BCUT2D eigenvalue weighted by Gasteiger charge is -2.41. The fourth-order valence-electron chi connectivity index (χ4n) is 5.69. The monoisotopic (exact) mass is 472 g/mol. The van der Waals surface area contributed by atoms with Gasteiger partial charge in [-0.25, -0.2) is 4.79 Å². The molecule has 1 amide bonds. The topological polar surface area (TPSA) is 51.2 Å². The summed E-state index contributed by atoms with van der Waals surface area (Å²) in [6.07, 6.45) is 9.94. The van der Waals surface area contributed by atoms with Gasteiger partial charge in [0.05, 0.1) is 18.3 Å². The molecule has 2 aliphatic heterocycles. The number of carbonyl (C=O) groups is 1. The molecule has 6 heteroatoms. The van der Waals surface area contributed by atoms with Gasteiger partial charge in [0.1, 0.15) is 11.4 Å². The lowest BCUT2D eigenvalue weighted by atomic mass is 9.93. The van der Waals surface area contributed by atoms with Gasteiger partial charge in [0.15, 0.2) is 0 Å². The molecule has 0 spiro atoms. The summed E-state index contributed by atoms with van der Waals surface area (Å²) in [6, 6.07) is 9.12. The summed E-state index contributed by atoms with van der Waals surface area (Å²) in [6.45, 7) is 6.87. The van der Waals surface area contributed by atoms with Crippen molar-refractivity contribution in [2.24, 2.45) is 0 Å². The van der Waals surface area contributed by atoms with Crippen molar-refractivity contribution in [3.63, 3.8) is 0 Å². The van der Waals surface area contributed by atoms with Crippen molar-refractivity contribution in [2.75, 3.05) is 20.6 Å². The fraction of sp³-hybridized carbons (Fsp3) is 0.750. The second-order valence-corrected chi connectivity index (χ2v) is 11.7. The number of amides is 1. The Morgan fingerprint density at radius 3 is 2.06 bits per heavy atom. The summed E-state index contributed by atoms with van der Waals surface area (Å²) < 4.78 is 18.5. The van der Waals surface area contributed by atoms with Crippen molar-refractivity contribution in [1.29, 1.82) is 0 Å². The molecule has 2 atom stereocenters. The van der Waals surface area contributed by atoms with E-state index in [1.54, 1.807) is 0 Å². The van der Waals surface area contributed by atoms with Crippen LogP contribution in [-0.2, 0) is 15.9 Å². The van der Waals surface area contributed by atoms with Gasteiger partial charge in [-0.2, -0.15) is 0 Å². The first-order valence-electron chi connectivity index (χ1n) is 13.2. The molecule has 6 nitrogen and oxygen atoms in total. The van der Waals surface area contributed by atoms with E-state index in [1.807, 2.05) is 25.7 Å². The van der Waals surface area contributed by atoms with Crippen LogP contribution in [0.4, 0.5) is 4.79 Å². The number of carbonyl (C=O) groups excluding carboxylic acids is 1. The van der Waals surface area contributed by atoms with E-state index in [4.69, 9.17) is 14.2 Å². The first-order valence-corrected chi connectivity index (χ1v) is 13.2. The van der Waals surface area contributed by atoms with Gasteiger partial charge in [-0.15, -0.1) is 0 Å². The summed E-state index contributed by atoms with van der Waals surface area (Å²) in [5.74, 6) is 0.976. The van der Waals surface area contributed by atoms with E-state index in [-0.39, 0.29) is 30.4 Å². The van der Waals surface area contributed by atoms with Crippen LogP contribution in [0.25, 0.3) is 0 Å². The van der Waals surface area contributed by atoms with E-state index < -0.39 is 5.60 Å². The number of benzene rings is 1. The Bertz CT molecular complexity index is 782. The smallest absolute Gasteiger partial charge is 0.410 e. The molecule has 2 saturated heterocycles. The highest BCUT2D eigenvalue weighted by molar-refractivity contribution is 5.69. The Balaban J connectivity index is 1.19. The van der Waals surface area contributed by atoms with Crippen molar-refractivity contribution in [2.45, 2.75) is 115 Å². The van der Waals surface area contributed by atoms with E-state index in [9.17, 15) is 4.79 Å². The van der Waals surface area contributed by atoms with Gasteiger partial charge < -0.3 is 24.0 Å². The second kappa shape index (κ2) is 10.9. The van der Waals surface area contributed by atoms with Gasteiger partial charge in [0.2, 0.25) is 0 Å². The van der Waals surface area contributed by atoms with Gasteiger partial charge in [-0.1, -0.05) is 12.1 Å². The Labute approximate surface area is 205 Å². The first-order chi connectivity index (χ1) is 16.2. The quantitative estimate of drug-likeness (QED) is 0.530. The standard InChI is InChI=1S/C28H44N2O4/c1-28(2,3)34-27(31)30-21-8-9-22(30)19-26(18-21)33-25-14-12-24(13-15-25)32-23-10-6-20(7-11-23)16-17-29(4)5/h6-7,10-11,21-22,24-26H,8-9,12-19H2,1-5H3/t21-,22-,24?,25?/m0/s1. The molecule has 1 aliphatic carbocycles. The van der Waals surface area contributed by atoms with Gasteiger partial charge in [0.25, 0.3) is 0 Å². The molecule has 2 bridgehead atoms. The number of fused-ring (bicyclic) bond motifs is 2. The number of ether oxygens (including phenoxy) is 3. The summed E-state index contributed by atoms with van der Waals surface area (Å²) >= 11 is 0. The second-order valence-electron chi connectivity index (χ2n) is 11.7. The SMILES string of the molecule is CN(C)CCc1ccc(OC2CCC(OC3C[C@@H]4CC[C@@H](C3)N4C(=O)OC(C)(C)C)CC2)cc1. The summed E-state index contributed by atoms with van der Waals surface area (Å²) in [5, 5.41) is 0. The van der Waals surface area contributed by atoms with Crippen molar-refractivity contribution >= 4 is 6.09 Å². The van der Waals surface area contributed by atoms with Crippen LogP contribution in [-0.4, -0.2) is 72.5 Å². The van der Waals surface area contributed by atoms with Crippen LogP contribution in [0.3, 0.4) is 0 Å². The van der Waals surface area contributed by atoms with Crippen molar-refractivity contribution in [3.8, 4) is 5.75 Å². The minimum absolute atomic E-state index is 0.151. The Morgan fingerprint density at radius 2 is 1.50 bits per heavy atom. The number of piperidine rings is 1. The molecule has 190 valence electrons. The van der Waals surface area contributed by atoms with Gasteiger partial charge in [-0.05, 0) is 110 Å². The van der Waals surface area contributed by atoms with E-state index in [1.165, 1.54) is 5.56 Å². The molecule has 1 aromatic carbocycles. The molecular formula is C28H44N2O4. The molecule has 0 radical (unpaired) electrons. The molecule has 0 N–H and O–H groups in total. The van der Waals surface area contributed by atoms with Crippen LogP contribution >= 0.6 is 0 Å². The van der Waals surface area contributed by atoms with Crippen molar-refractivity contribution in [1.82, 2.24) is 9.80 Å². The highest BCUT2D eigenvalue weighted by Gasteiger charge is 2.45. The van der Waals surface area contributed by atoms with Gasteiger partial charge >= 0.3 is 6.09 Å². The van der Waals surface area contributed by atoms with E-state index in [0.717, 1.165) is 70.1 Å². The molecule has 34 heavy (non-hydrogen) atoms. The van der Waals surface area contributed by atoms with Crippen LogP contribution in [0.2, 0.25) is 0 Å². The summed E-state index contributed by atoms with van der Waals surface area (Å²) in [7, 11) is 4.21. The average molecular weight is 473 g/mol. The average Bonchev–Trinajstić information content (AvgIpc) is 3.04. The largest absolute Gasteiger partial charge is 0.490 e. The van der Waals surface area contributed by atoms with Crippen molar-refractivity contribution < 1.29 is 19.0 Å². The van der Waals surface area contributed by atoms with Crippen molar-refractivity contribution in [3.05, 3.63) is 29.8 Å². The normalized spacial score (nSPS) is 29.4. The molecule has 3 fully saturated rings. The summed E-state index contributed by atoms with van der Waals surface area (Å²) in [5.41, 5.74) is 0.906. The van der Waals surface area contributed by atoms with Crippen LogP contribution < -0.4 is 4.74 Å². The van der Waals surface area contributed by atoms with Crippen LogP contribution in [0.15, 0.2) is 24.3 Å². The third kappa shape index (κ3) is 6.88. The number of likely N-dealkylation sites (N-methyl/N-ethyl adjacent to an activating group) is 1. The molecule has 2 heterocycles. The molecule has 1 aromatic rings. The number of rotatable bonds is 7. The zero-order chi connectivity index (χ0) is 24.3. The van der Waals surface area contributed by atoms with E-state index in [0.29, 0.717) is 6.10 Å². The predicted octanol–water partition coefficient (Wildman–Crippen LogP) is 5.43. The maximum atomic E-state index is 12.7. The third-order valence-electron chi connectivity index (χ3n) is 7.37. The molecule has 1 saturated carbocycles. The summed E-state index contributed by atoms with van der Waals surface area (Å²) in [4.78, 5) is 16.9. The maximum Gasteiger partial charge on any atom is 0.410 e. The molecular weight excluding hydrogens is 428 g/mol. The van der Waals surface area contributed by atoms with Crippen LogP contribution in [0, 0.1) is 0 Å². The highest BCUT2D eigenvalue weighted by Crippen LogP contribution is 2.39. The maximum absolute atomic E-state index is 12.7. The highest BCUT2D eigenvalue weighted by atomic mass is 16.6. The minimum Gasteiger partial charge on any atom is -0.490 e.